The summed E-state index contributed by atoms with van der Waals surface area (Å²) in [5, 5.41) is 0. The summed E-state index contributed by atoms with van der Waals surface area (Å²) >= 11 is 0. The first kappa shape index (κ1) is 18.0. The lowest BCUT2D eigenvalue weighted by molar-refractivity contribution is 0.594. The van der Waals surface area contributed by atoms with Gasteiger partial charge >= 0.3 is 0 Å². The highest BCUT2D eigenvalue weighted by atomic mass is 32.2. The molecule has 0 atom stereocenters. The van der Waals surface area contributed by atoms with Gasteiger partial charge in [-0.15, -0.1) is 0 Å². The predicted octanol–water partition coefficient (Wildman–Crippen LogP) is 4.44. The number of rotatable bonds is 4. The van der Waals surface area contributed by atoms with E-state index in [0.29, 0.717) is 22.4 Å². The molecule has 3 aromatic rings. The maximum Gasteiger partial charge on any atom is 0.263 e. The zero-order valence-corrected chi connectivity index (χ0v) is 14.9. The number of nitrogens with zero attached hydrogens (tertiary/aromatic N) is 1. The lowest BCUT2D eigenvalue weighted by Crippen LogP contribution is -2.15. The third-order valence-corrected chi connectivity index (χ3v) is 5.40. The van der Waals surface area contributed by atoms with Crippen LogP contribution in [0, 0.1) is 25.5 Å². The summed E-state index contributed by atoms with van der Waals surface area (Å²) in [7, 11) is -3.98. The van der Waals surface area contributed by atoms with E-state index in [2.05, 4.69) is 9.71 Å². The minimum absolute atomic E-state index is 0.103. The standard InChI is InChI=1S/C19H16F2N2O2S/c1-12-6-7-16(21)11-18(12)26(24,25)23-19-9-8-17(13(2)22-19)14-4-3-5-15(20)10-14/h3-11H,1-2H3,(H,22,23). The molecule has 26 heavy (non-hydrogen) atoms. The van der Waals surface area contributed by atoms with Gasteiger partial charge in [-0.1, -0.05) is 18.2 Å². The van der Waals surface area contributed by atoms with Gasteiger partial charge in [-0.3, -0.25) is 4.72 Å². The van der Waals surface area contributed by atoms with Crippen molar-refractivity contribution in [3.63, 3.8) is 0 Å². The minimum atomic E-state index is -3.98. The maximum absolute atomic E-state index is 13.4. The van der Waals surface area contributed by atoms with Crippen molar-refractivity contribution < 1.29 is 17.2 Å². The van der Waals surface area contributed by atoms with Crippen LogP contribution in [-0.4, -0.2) is 13.4 Å². The molecule has 0 aliphatic carbocycles. The Morgan fingerprint density at radius 2 is 1.65 bits per heavy atom. The first-order valence-corrected chi connectivity index (χ1v) is 9.27. The molecular formula is C19H16F2N2O2S. The summed E-state index contributed by atoms with van der Waals surface area (Å²) in [6.45, 7) is 3.28. The monoisotopic (exact) mass is 374 g/mol. The second kappa shape index (κ2) is 6.84. The van der Waals surface area contributed by atoms with E-state index in [0.717, 1.165) is 6.07 Å². The van der Waals surface area contributed by atoms with E-state index >= 15 is 0 Å². The Labute approximate surface area is 150 Å². The highest BCUT2D eigenvalue weighted by Crippen LogP contribution is 2.26. The lowest BCUT2D eigenvalue weighted by Gasteiger charge is -2.12. The Hall–Kier alpha value is -2.80. The Morgan fingerprint density at radius 1 is 0.923 bits per heavy atom. The first-order valence-electron chi connectivity index (χ1n) is 7.79. The zero-order valence-electron chi connectivity index (χ0n) is 14.1. The summed E-state index contributed by atoms with van der Waals surface area (Å²) in [4.78, 5) is 4.09. The fourth-order valence-electron chi connectivity index (χ4n) is 2.64. The highest BCUT2D eigenvalue weighted by Gasteiger charge is 2.19. The summed E-state index contributed by atoms with van der Waals surface area (Å²) in [5.74, 6) is -0.902. The number of pyridine rings is 1. The highest BCUT2D eigenvalue weighted by molar-refractivity contribution is 7.92. The summed E-state index contributed by atoms with van der Waals surface area (Å²) in [6.07, 6.45) is 0. The predicted molar refractivity (Wildman–Crippen MR) is 96.3 cm³/mol. The van der Waals surface area contributed by atoms with Crippen LogP contribution in [-0.2, 0) is 10.0 Å². The van der Waals surface area contributed by atoms with E-state index in [1.807, 2.05) is 0 Å². The van der Waals surface area contributed by atoms with E-state index in [1.165, 1.54) is 30.3 Å². The number of benzene rings is 2. The van der Waals surface area contributed by atoms with E-state index in [9.17, 15) is 17.2 Å². The van der Waals surface area contributed by atoms with Gasteiger partial charge in [0, 0.05) is 11.3 Å². The molecule has 1 N–H and O–H groups in total. The van der Waals surface area contributed by atoms with E-state index in [1.54, 1.807) is 32.0 Å². The maximum atomic E-state index is 13.4. The van der Waals surface area contributed by atoms with E-state index < -0.39 is 15.8 Å². The molecular weight excluding hydrogens is 358 g/mol. The quantitative estimate of drug-likeness (QED) is 0.734. The number of sulfonamides is 1. The second-order valence-electron chi connectivity index (χ2n) is 5.86. The number of anilines is 1. The van der Waals surface area contributed by atoms with Crippen LogP contribution < -0.4 is 4.72 Å². The lowest BCUT2D eigenvalue weighted by atomic mass is 10.0. The minimum Gasteiger partial charge on any atom is -0.263 e. The van der Waals surface area contributed by atoms with Crippen molar-refractivity contribution in [2.45, 2.75) is 18.7 Å². The molecule has 0 aliphatic heterocycles. The summed E-state index contributed by atoms with van der Waals surface area (Å²) in [6, 6.07) is 12.8. The molecule has 4 nitrogen and oxygen atoms in total. The molecule has 0 radical (unpaired) electrons. The van der Waals surface area contributed by atoms with Gasteiger partial charge < -0.3 is 0 Å². The van der Waals surface area contributed by atoms with E-state index in [4.69, 9.17) is 0 Å². The van der Waals surface area contributed by atoms with Crippen molar-refractivity contribution in [1.29, 1.82) is 0 Å². The van der Waals surface area contributed by atoms with Crippen LogP contribution in [0.4, 0.5) is 14.6 Å². The molecule has 0 unspecified atom stereocenters. The fourth-order valence-corrected chi connectivity index (χ4v) is 3.89. The topological polar surface area (TPSA) is 59.1 Å². The van der Waals surface area contributed by atoms with Crippen LogP contribution in [0.1, 0.15) is 11.3 Å². The Morgan fingerprint density at radius 3 is 2.35 bits per heavy atom. The van der Waals surface area contributed by atoms with Gasteiger partial charge in [0.2, 0.25) is 0 Å². The third kappa shape index (κ3) is 3.72. The number of aryl methyl sites for hydroxylation is 2. The Kier molecular flexibility index (Phi) is 4.73. The van der Waals surface area contributed by atoms with E-state index in [-0.39, 0.29) is 16.5 Å². The van der Waals surface area contributed by atoms with Crippen LogP contribution in [0.5, 0.6) is 0 Å². The number of hydrogen-bond acceptors (Lipinski definition) is 3. The van der Waals surface area contributed by atoms with Crippen molar-refractivity contribution in [3.05, 3.63) is 77.5 Å². The number of halogens is 2. The largest absolute Gasteiger partial charge is 0.263 e. The van der Waals surface area contributed by atoms with Crippen LogP contribution in [0.25, 0.3) is 11.1 Å². The normalized spacial score (nSPS) is 11.4. The van der Waals surface area contributed by atoms with Crippen molar-refractivity contribution >= 4 is 15.8 Å². The molecule has 0 aliphatic rings. The average Bonchev–Trinajstić information content (AvgIpc) is 2.56. The van der Waals surface area contributed by atoms with Gasteiger partial charge in [0.1, 0.15) is 17.5 Å². The van der Waals surface area contributed by atoms with Gasteiger partial charge in [0.25, 0.3) is 10.0 Å². The van der Waals surface area contributed by atoms with Gasteiger partial charge in [-0.25, -0.2) is 22.2 Å². The zero-order chi connectivity index (χ0) is 18.9. The SMILES string of the molecule is Cc1ccc(F)cc1S(=O)(=O)Nc1ccc(-c2cccc(F)c2)c(C)n1. The fraction of sp³-hybridized carbons (Fsp3) is 0.105. The number of nitrogens with one attached hydrogen (secondary N) is 1. The van der Waals surface area contributed by atoms with Gasteiger partial charge in [0.05, 0.1) is 4.90 Å². The van der Waals surface area contributed by atoms with Crippen molar-refractivity contribution in [2.75, 3.05) is 4.72 Å². The summed E-state index contributed by atoms with van der Waals surface area (Å²) in [5.41, 5.74) is 2.29. The molecule has 1 heterocycles. The molecule has 0 amide bonds. The van der Waals surface area contributed by atoms with Crippen molar-refractivity contribution in [2.24, 2.45) is 0 Å². The molecule has 1 aromatic heterocycles. The first-order chi connectivity index (χ1) is 12.3. The molecule has 0 saturated carbocycles. The summed E-state index contributed by atoms with van der Waals surface area (Å²) < 4.78 is 54.2. The molecule has 3 rings (SSSR count). The molecule has 2 aromatic carbocycles. The van der Waals surface area contributed by atoms with Crippen molar-refractivity contribution in [3.8, 4) is 11.1 Å². The Balaban J connectivity index is 1.94. The molecule has 0 bridgehead atoms. The van der Waals surface area contributed by atoms with Crippen LogP contribution in [0.15, 0.2) is 59.5 Å². The average molecular weight is 374 g/mol. The molecule has 0 spiro atoms. The Bertz CT molecular complexity index is 1080. The molecule has 7 heteroatoms. The van der Waals surface area contributed by atoms with Crippen LogP contribution >= 0.6 is 0 Å². The molecule has 134 valence electrons. The van der Waals surface area contributed by atoms with Crippen LogP contribution in [0.3, 0.4) is 0 Å². The van der Waals surface area contributed by atoms with Gasteiger partial charge in [-0.2, -0.15) is 0 Å². The number of aromatic nitrogens is 1. The van der Waals surface area contributed by atoms with Crippen LogP contribution in [0.2, 0.25) is 0 Å². The van der Waals surface area contributed by atoms with Gasteiger partial charge in [0.15, 0.2) is 0 Å². The number of hydrogen-bond donors (Lipinski definition) is 1. The second-order valence-corrected chi connectivity index (χ2v) is 7.51. The molecule has 0 fully saturated rings. The smallest absolute Gasteiger partial charge is 0.263 e. The molecule has 0 saturated heterocycles. The third-order valence-electron chi connectivity index (χ3n) is 3.90. The van der Waals surface area contributed by atoms with Crippen molar-refractivity contribution in [1.82, 2.24) is 4.98 Å². The van der Waals surface area contributed by atoms with Gasteiger partial charge in [-0.05, 0) is 61.4 Å².